The lowest BCUT2D eigenvalue weighted by Gasteiger charge is -2.40. The van der Waals surface area contributed by atoms with Gasteiger partial charge in [0.25, 0.3) is 0 Å². The Morgan fingerprint density at radius 2 is 2.00 bits per heavy atom. The van der Waals surface area contributed by atoms with Gasteiger partial charge in [0.2, 0.25) is 0 Å². The van der Waals surface area contributed by atoms with Gasteiger partial charge in [0.05, 0.1) is 0 Å². The Balaban J connectivity index is 1.41. The smallest absolute Gasteiger partial charge is 0.317 e. The minimum atomic E-state index is 0.0834. The van der Waals surface area contributed by atoms with Gasteiger partial charge in [-0.05, 0) is 46.7 Å². The van der Waals surface area contributed by atoms with Gasteiger partial charge in [0, 0.05) is 38.8 Å². The van der Waals surface area contributed by atoms with Gasteiger partial charge >= 0.3 is 6.03 Å². The molecule has 6 heteroatoms. The molecule has 2 aliphatic rings. The number of nitrogens with one attached hydrogen (secondary N) is 1. The van der Waals surface area contributed by atoms with Crippen LogP contribution in [0.4, 0.5) is 4.79 Å². The molecule has 0 spiro atoms. The first kappa shape index (κ1) is 15.2. The highest BCUT2D eigenvalue weighted by atomic mass is 32.2. The predicted molar refractivity (Wildman–Crippen MR) is 90.0 cm³/mol. The second-order valence-electron chi connectivity index (χ2n) is 5.66. The fourth-order valence-corrected chi connectivity index (χ4v) is 4.77. The minimum absolute atomic E-state index is 0.0834. The van der Waals surface area contributed by atoms with Crippen LogP contribution in [-0.2, 0) is 6.54 Å². The minimum Gasteiger partial charge on any atom is -0.334 e. The van der Waals surface area contributed by atoms with Crippen LogP contribution in [0.25, 0.3) is 0 Å². The van der Waals surface area contributed by atoms with Gasteiger partial charge in [0.15, 0.2) is 0 Å². The third kappa shape index (κ3) is 4.14. The summed E-state index contributed by atoms with van der Waals surface area (Å²) in [4.78, 5) is 16.7. The summed E-state index contributed by atoms with van der Waals surface area (Å²) in [5.41, 5.74) is 1.19. The molecule has 0 bridgehead atoms. The summed E-state index contributed by atoms with van der Waals surface area (Å²) >= 11 is 3.74. The van der Waals surface area contributed by atoms with Crippen LogP contribution in [0.1, 0.15) is 18.4 Å². The molecule has 0 aliphatic carbocycles. The third-order valence-electron chi connectivity index (χ3n) is 4.33. The van der Waals surface area contributed by atoms with Crippen molar-refractivity contribution >= 4 is 29.1 Å². The van der Waals surface area contributed by atoms with Crippen LogP contribution in [0, 0.1) is 0 Å². The molecule has 2 amide bonds. The number of carbonyl (C=O) groups is 1. The van der Waals surface area contributed by atoms with Crippen molar-refractivity contribution in [3.8, 4) is 0 Å². The largest absolute Gasteiger partial charge is 0.334 e. The first-order valence-corrected chi connectivity index (χ1v) is 9.78. The number of amides is 2. The lowest BCUT2D eigenvalue weighted by atomic mass is 10.1. The number of hydrogen-bond donors (Lipinski definition) is 1. The molecule has 0 atom stereocenters. The highest BCUT2D eigenvalue weighted by Gasteiger charge is 2.26. The standard InChI is InChI=1S/C15H23N3OS2/c19-15(16-11-13-1-8-21-12-13)18-6-4-17(5-7-18)14-2-9-20-10-3-14/h1,8,12,14H,2-7,9-11H2,(H,16,19). The zero-order chi connectivity index (χ0) is 14.5. The summed E-state index contributed by atoms with van der Waals surface area (Å²) in [6.07, 6.45) is 2.63. The van der Waals surface area contributed by atoms with E-state index in [9.17, 15) is 4.79 Å². The van der Waals surface area contributed by atoms with Crippen molar-refractivity contribution in [2.45, 2.75) is 25.4 Å². The lowest BCUT2D eigenvalue weighted by molar-refractivity contribution is 0.104. The van der Waals surface area contributed by atoms with Crippen LogP contribution in [0.15, 0.2) is 16.8 Å². The zero-order valence-electron chi connectivity index (χ0n) is 12.3. The summed E-state index contributed by atoms with van der Waals surface area (Å²) in [6.45, 7) is 4.42. The molecule has 3 heterocycles. The molecule has 116 valence electrons. The van der Waals surface area contributed by atoms with Crippen molar-refractivity contribution in [1.82, 2.24) is 15.1 Å². The fourth-order valence-electron chi connectivity index (χ4n) is 3.02. The molecule has 0 unspecified atom stereocenters. The molecular weight excluding hydrogens is 302 g/mol. The van der Waals surface area contributed by atoms with Gasteiger partial charge in [-0.15, -0.1) is 0 Å². The average Bonchev–Trinajstić information content (AvgIpc) is 3.07. The van der Waals surface area contributed by atoms with Crippen molar-refractivity contribution in [3.05, 3.63) is 22.4 Å². The molecule has 1 aromatic heterocycles. The van der Waals surface area contributed by atoms with E-state index >= 15 is 0 Å². The maximum absolute atomic E-state index is 12.2. The molecule has 0 aromatic carbocycles. The Hall–Kier alpha value is -0.720. The molecule has 21 heavy (non-hydrogen) atoms. The molecule has 3 rings (SSSR count). The summed E-state index contributed by atoms with van der Waals surface area (Å²) in [7, 11) is 0. The number of piperazine rings is 1. The van der Waals surface area contributed by atoms with Gasteiger partial charge < -0.3 is 10.2 Å². The van der Waals surface area contributed by atoms with Crippen molar-refractivity contribution in [2.75, 3.05) is 37.7 Å². The third-order valence-corrected chi connectivity index (χ3v) is 6.11. The van der Waals surface area contributed by atoms with E-state index in [1.165, 1.54) is 29.9 Å². The fraction of sp³-hybridized carbons (Fsp3) is 0.667. The van der Waals surface area contributed by atoms with Crippen LogP contribution in [0.2, 0.25) is 0 Å². The monoisotopic (exact) mass is 325 g/mol. The van der Waals surface area contributed by atoms with Crippen LogP contribution < -0.4 is 5.32 Å². The number of thiophene rings is 1. The maximum Gasteiger partial charge on any atom is 0.317 e. The number of urea groups is 1. The highest BCUT2D eigenvalue weighted by molar-refractivity contribution is 7.99. The Bertz CT molecular complexity index is 438. The van der Waals surface area contributed by atoms with E-state index < -0.39 is 0 Å². The molecule has 4 nitrogen and oxygen atoms in total. The van der Waals surface area contributed by atoms with Crippen molar-refractivity contribution in [2.24, 2.45) is 0 Å². The highest BCUT2D eigenvalue weighted by Crippen LogP contribution is 2.22. The van der Waals surface area contributed by atoms with Crippen LogP contribution >= 0.6 is 23.1 Å². The molecule has 2 aliphatic heterocycles. The predicted octanol–water partition coefficient (Wildman–Crippen LogP) is 2.47. The second kappa shape index (κ2) is 7.51. The van der Waals surface area contributed by atoms with E-state index in [1.54, 1.807) is 11.3 Å². The summed E-state index contributed by atoms with van der Waals surface area (Å²) in [5, 5.41) is 7.15. The van der Waals surface area contributed by atoms with Gasteiger partial charge in [-0.25, -0.2) is 4.79 Å². The maximum atomic E-state index is 12.2. The van der Waals surface area contributed by atoms with Crippen LogP contribution in [0.5, 0.6) is 0 Å². The van der Waals surface area contributed by atoms with Crippen molar-refractivity contribution in [1.29, 1.82) is 0 Å². The topological polar surface area (TPSA) is 35.6 Å². The quantitative estimate of drug-likeness (QED) is 0.927. The van der Waals surface area contributed by atoms with Crippen molar-refractivity contribution in [3.63, 3.8) is 0 Å². The Morgan fingerprint density at radius 1 is 1.24 bits per heavy atom. The number of thioether (sulfide) groups is 1. The SMILES string of the molecule is O=C(NCc1ccsc1)N1CCN(C2CCSCC2)CC1. The number of nitrogens with zero attached hydrogens (tertiary/aromatic N) is 2. The summed E-state index contributed by atoms with van der Waals surface area (Å²) < 4.78 is 0. The first-order chi connectivity index (χ1) is 10.3. The van der Waals surface area contributed by atoms with Crippen LogP contribution in [0.3, 0.4) is 0 Å². The van der Waals surface area contributed by atoms with E-state index in [0.717, 1.165) is 32.2 Å². The lowest BCUT2D eigenvalue weighted by Crippen LogP contribution is -2.54. The van der Waals surface area contributed by atoms with E-state index in [0.29, 0.717) is 6.54 Å². The van der Waals surface area contributed by atoms with E-state index in [-0.39, 0.29) is 6.03 Å². The molecule has 0 radical (unpaired) electrons. The Labute approximate surface area is 134 Å². The molecule has 1 aromatic rings. The van der Waals surface area contributed by atoms with Crippen LogP contribution in [-0.4, -0.2) is 59.6 Å². The van der Waals surface area contributed by atoms with E-state index in [4.69, 9.17) is 0 Å². The average molecular weight is 326 g/mol. The van der Waals surface area contributed by atoms with E-state index in [2.05, 4.69) is 33.4 Å². The van der Waals surface area contributed by atoms with Gasteiger partial charge in [-0.1, -0.05) is 0 Å². The summed E-state index contributed by atoms with van der Waals surface area (Å²) in [5.74, 6) is 2.60. The van der Waals surface area contributed by atoms with Gasteiger partial charge in [0.1, 0.15) is 0 Å². The Kier molecular flexibility index (Phi) is 5.43. The molecule has 2 fully saturated rings. The second-order valence-corrected chi connectivity index (χ2v) is 7.66. The molecular formula is C15H23N3OS2. The Morgan fingerprint density at radius 3 is 2.67 bits per heavy atom. The number of hydrogen-bond acceptors (Lipinski definition) is 4. The number of rotatable bonds is 3. The number of carbonyl (C=O) groups excluding carboxylic acids is 1. The summed E-state index contributed by atoms with van der Waals surface area (Å²) in [6, 6.07) is 2.89. The first-order valence-electron chi connectivity index (χ1n) is 7.68. The van der Waals surface area contributed by atoms with Crippen molar-refractivity contribution < 1.29 is 4.79 Å². The molecule has 1 N–H and O–H groups in total. The molecule has 0 saturated carbocycles. The van der Waals surface area contributed by atoms with Gasteiger partial charge in [-0.2, -0.15) is 23.1 Å². The normalized spacial score (nSPS) is 21.4. The zero-order valence-corrected chi connectivity index (χ0v) is 13.9. The van der Waals surface area contributed by atoms with E-state index in [1.807, 2.05) is 10.3 Å². The molecule has 2 saturated heterocycles. The van der Waals surface area contributed by atoms with Gasteiger partial charge in [-0.3, -0.25) is 4.90 Å².